The molecule has 0 bridgehead atoms. The summed E-state index contributed by atoms with van der Waals surface area (Å²) in [5.41, 5.74) is 5.71. The highest BCUT2D eigenvalue weighted by Gasteiger charge is 2.14. The lowest BCUT2D eigenvalue weighted by Crippen LogP contribution is -2.16. The Hall–Kier alpha value is -1.62. The Balaban J connectivity index is 2.66. The Morgan fingerprint density at radius 3 is 2.83 bits per heavy atom. The van der Waals surface area contributed by atoms with Gasteiger partial charge in [0.2, 0.25) is 0 Å². The van der Waals surface area contributed by atoms with Gasteiger partial charge in [0.05, 0.1) is 13.7 Å². The predicted molar refractivity (Wildman–Crippen MR) is 66.1 cm³/mol. The van der Waals surface area contributed by atoms with E-state index in [4.69, 9.17) is 10.5 Å². The van der Waals surface area contributed by atoms with E-state index in [-0.39, 0.29) is 11.6 Å². The van der Waals surface area contributed by atoms with Crippen molar-refractivity contribution in [3.63, 3.8) is 0 Å². The number of methoxy groups -OCH3 is 1. The molecule has 2 N–H and O–H groups in total. The summed E-state index contributed by atoms with van der Waals surface area (Å²) in [5.74, 6) is -0.789. The highest BCUT2D eigenvalue weighted by atomic mass is 19.1. The summed E-state index contributed by atoms with van der Waals surface area (Å²) in [6.45, 7) is 2.34. The fraction of sp³-hybridized carbons (Fsp3) is 0.462. The molecule has 0 aliphatic rings. The second kappa shape index (κ2) is 6.96. The summed E-state index contributed by atoms with van der Waals surface area (Å²) in [6, 6.07) is 3.88. The zero-order chi connectivity index (χ0) is 13.5. The zero-order valence-electron chi connectivity index (χ0n) is 10.6. The average molecular weight is 255 g/mol. The molecule has 100 valence electrons. The maximum absolute atomic E-state index is 13.1. The molecule has 5 heteroatoms. The van der Waals surface area contributed by atoms with E-state index in [9.17, 15) is 9.18 Å². The molecule has 0 spiro atoms. The van der Waals surface area contributed by atoms with Crippen LogP contribution in [-0.4, -0.2) is 25.7 Å². The maximum Gasteiger partial charge on any atom is 0.341 e. The van der Waals surface area contributed by atoms with E-state index >= 15 is 0 Å². The van der Waals surface area contributed by atoms with Gasteiger partial charge in [-0.2, -0.15) is 0 Å². The summed E-state index contributed by atoms with van der Waals surface area (Å²) < 4.78 is 23.1. The third kappa shape index (κ3) is 4.33. The van der Waals surface area contributed by atoms with Gasteiger partial charge in [0, 0.05) is 6.04 Å². The van der Waals surface area contributed by atoms with Gasteiger partial charge in [-0.3, -0.25) is 0 Å². The predicted octanol–water partition coefficient (Wildman–Crippen LogP) is 2.12. The van der Waals surface area contributed by atoms with Crippen molar-refractivity contribution in [2.24, 2.45) is 5.73 Å². The van der Waals surface area contributed by atoms with Gasteiger partial charge in [0.25, 0.3) is 0 Å². The molecule has 0 fully saturated rings. The second-order valence-corrected chi connectivity index (χ2v) is 4.10. The average Bonchev–Trinajstić information content (AvgIpc) is 2.34. The van der Waals surface area contributed by atoms with E-state index in [1.165, 1.54) is 19.2 Å². The van der Waals surface area contributed by atoms with Crippen LogP contribution in [0.5, 0.6) is 5.75 Å². The summed E-state index contributed by atoms with van der Waals surface area (Å²) in [6.07, 6.45) is 1.60. The molecule has 0 saturated carbocycles. The number of nitrogens with two attached hydrogens (primary N) is 1. The first-order valence-corrected chi connectivity index (χ1v) is 5.81. The summed E-state index contributed by atoms with van der Waals surface area (Å²) in [7, 11) is 1.24. The molecule has 0 aromatic heterocycles. The Morgan fingerprint density at radius 1 is 1.50 bits per heavy atom. The quantitative estimate of drug-likeness (QED) is 0.624. The molecule has 1 atom stereocenters. The van der Waals surface area contributed by atoms with Crippen LogP contribution in [0.25, 0.3) is 0 Å². The molecule has 0 aliphatic heterocycles. The van der Waals surface area contributed by atoms with E-state index in [2.05, 4.69) is 4.74 Å². The maximum atomic E-state index is 13.1. The number of rotatable bonds is 6. The Labute approximate surface area is 106 Å². The van der Waals surface area contributed by atoms with Gasteiger partial charge in [-0.1, -0.05) is 0 Å². The zero-order valence-corrected chi connectivity index (χ0v) is 10.6. The van der Waals surface area contributed by atoms with E-state index in [1.54, 1.807) is 0 Å². The van der Waals surface area contributed by atoms with Gasteiger partial charge < -0.3 is 15.2 Å². The van der Waals surface area contributed by atoms with Gasteiger partial charge in [0.15, 0.2) is 0 Å². The standard InChI is InChI=1S/C13H18FNO3/c1-9(15)4-3-7-18-12-6-5-10(14)8-11(12)13(16)17-2/h5-6,8-9H,3-4,7,15H2,1-2H3/t9-/m1/s1. The van der Waals surface area contributed by atoms with Crippen molar-refractivity contribution < 1.29 is 18.7 Å². The van der Waals surface area contributed by atoms with Crippen LogP contribution in [0.2, 0.25) is 0 Å². The van der Waals surface area contributed by atoms with Crippen LogP contribution >= 0.6 is 0 Å². The summed E-state index contributed by atoms with van der Waals surface area (Å²) >= 11 is 0. The molecule has 1 aromatic carbocycles. The minimum atomic E-state index is -0.614. The molecule has 0 heterocycles. The van der Waals surface area contributed by atoms with Crippen LogP contribution in [0, 0.1) is 5.82 Å². The molecule has 4 nitrogen and oxygen atoms in total. The van der Waals surface area contributed by atoms with Crippen LogP contribution in [-0.2, 0) is 4.74 Å². The third-order valence-corrected chi connectivity index (χ3v) is 2.41. The molecule has 18 heavy (non-hydrogen) atoms. The van der Waals surface area contributed by atoms with Gasteiger partial charge in [-0.15, -0.1) is 0 Å². The lowest BCUT2D eigenvalue weighted by Gasteiger charge is -2.11. The van der Waals surface area contributed by atoms with Crippen molar-refractivity contribution in [1.29, 1.82) is 0 Å². The monoisotopic (exact) mass is 255 g/mol. The number of halogens is 1. The number of carbonyl (C=O) groups is 1. The molecular formula is C13H18FNO3. The largest absolute Gasteiger partial charge is 0.493 e. The molecule has 1 rings (SSSR count). The minimum Gasteiger partial charge on any atom is -0.493 e. The first kappa shape index (κ1) is 14.4. The van der Waals surface area contributed by atoms with Crippen LogP contribution in [0.3, 0.4) is 0 Å². The third-order valence-electron chi connectivity index (χ3n) is 2.41. The lowest BCUT2D eigenvalue weighted by molar-refractivity contribution is 0.0595. The Kier molecular flexibility index (Phi) is 5.58. The van der Waals surface area contributed by atoms with Crippen LogP contribution in [0.15, 0.2) is 18.2 Å². The first-order chi connectivity index (χ1) is 8.54. The number of ether oxygens (including phenoxy) is 2. The van der Waals surface area contributed by atoms with Crippen molar-refractivity contribution in [1.82, 2.24) is 0 Å². The number of esters is 1. The fourth-order valence-electron chi connectivity index (χ4n) is 1.48. The van der Waals surface area contributed by atoms with Crippen LogP contribution in [0.4, 0.5) is 4.39 Å². The molecule has 0 amide bonds. The topological polar surface area (TPSA) is 61.5 Å². The van der Waals surface area contributed by atoms with Crippen molar-refractivity contribution in [3.8, 4) is 5.75 Å². The van der Waals surface area contributed by atoms with Gasteiger partial charge in [-0.25, -0.2) is 9.18 Å². The van der Waals surface area contributed by atoms with Crippen molar-refractivity contribution in [3.05, 3.63) is 29.6 Å². The Morgan fingerprint density at radius 2 is 2.22 bits per heavy atom. The van der Waals surface area contributed by atoms with Crippen molar-refractivity contribution >= 4 is 5.97 Å². The van der Waals surface area contributed by atoms with Crippen molar-refractivity contribution in [2.75, 3.05) is 13.7 Å². The van der Waals surface area contributed by atoms with Crippen LogP contribution < -0.4 is 10.5 Å². The number of hydrogen-bond donors (Lipinski definition) is 1. The second-order valence-electron chi connectivity index (χ2n) is 4.10. The number of carbonyl (C=O) groups excluding carboxylic acids is 1. The molecule has 0 aliphatic carbocycles. The SMILES string of the molecule is COC(=O)c1cc(F)ccc1OCCC[C@@H](C)N. The number of benzene rings is 1. The van der Waals surface area contributed by atoms with E-state index in [0.29, 0.717) is 12.4 Å². The summed E-state index contributed by atoms with van der Waals surface area (Å²) in [4.78, 5) is 11.4. The molecule has 1 aromatic rings. The van der Waals surface area contributed by atoms with E-state index in [1.807, 2.05) is 6.92 Å². The van der Waals surface area contributed by atoms with Crippen molar-refractivity contribution in [2.45, 2.75) is 25.8 Å². The normalized spacial score (nSPS) is 12.0. The molecular weight excluding hydrogens is 237 g/mol. The highest BCUT2D eigenvalue weighted by Crippen LogP contribution is 2.21. The lowest BCUT2D eigenvalue weighted by atomic mass is 10.2. The fourth-order valence-corrected chi connectivity index (χ4v) is 1.48. The molecule has 0 unspecified atom stereocenters. The van der Waals surface area contributed by atoms with Crippen LogP contribution in [0.1, 0.15) is 30.1 Å². The highest BCUT2D eigenvalue weighted by molar-refractivity contribution is 5.92. The smallest absolute Gasteiger partial charge is 0.341 e. The van der Waals surface area contributed by atoms with Gasteiger partial charge >= 0.3 is 5.97 Å². The molecule has 0 saturated heterocycles. The minimum absolute atomic E-state index is 0.0956. The van der Waals surface area contributed by atoms with Gasteiger partial charge in [0.1, 0.15) is 17.1 Å². The summed E-state index contributed by atoms with van der Waals surface area (Å²) in [5, 5.41) is 0. The first-order valence-electron chi connectivity index (χ1n) is 5.81. The van der Waals surface area contributed by atoms with E-state index in [0.717, 1.165) is 18.9 Å². The van der Waals surface area contributed by atoms with E-state index < -0.39 is 11.8 Å². The number of hydrogen-bond acceptors (Lipinski definition) is 4. The van der Waals surface area contributed by atoms with Gasteiger partial charge in [-0.05, 0) is 38.0 Å². The Bertz CT molecular complexity index is 407. The molecule has 0 radical (unpaired) electrons.